The predicted octanol–water partition coefficient (Wildman–Crippen LogP) is 0.403. The summed E-state index contributed by atoms with van der Waals surface area (Å²) in [5.41, 5.74) is 6.65. The second-order valence-electron chi connectivity index (χ2n) is 3.06. The second kappa shape index (κ2) is 4.10. The summed E-state index contributed by atoms with van der Waals surface area (Å²) in [5.74, 6) is 0.259. The average Bonchev–Trinajstić information content (AvgIpc) is 2.68. The van der Waals surface area contributed by atoms with Crippen molar-refractivity contribution in [3.05, 3.63) is 30.2 Å². The monoisotopic (exact) mass is 205 g/mol. The molecule has 0 aliphatic rings. The van der Waals surface area contributed by atoms with E-state index in [0.29, 0.717) is 5.89 Å². The number of aromatic nitrogens is 1. The molecule has 1 aromatic heterocycles. The van der Waals surface area contributed by atoms with Crippen molar-refractivity contribution in [2.24, 2.45) is 5.73 Å². The van der Waals surface area contributed by atoms with Crippen LogP contribution < -0.4 is 11.1 Å². The smallest absolute Gasteiger partial charge is 0.234 e. The van der Waals surface area contributed by atoms with Gasteiger partial charge in [0.1, 0.15) is 5.52 Å². The molecule has 1 amide bonds. The van der Waals surface area contributed by atoms with Crippen LogP contribution in [0.1, 0.15) is 5.89 Å². The fourth-order valence-corrected chi connectivity index (χ4v) is 1.24. The van der Waals surface area contributed by atoms with Crippen LogP contribution in [0.5, 0.6) is 0 Å². The van der Waals surface area contributed by atoms with Crippen molar-refractivity contribution in [2.45, 2.75) is 6.54 Å². The van der Waals surface area contributed by atoms with Crippen molar-refractivity contribution >= 4 is 17.0 Å². The Morgan fingerprint density at radius 2 is 2.27 bits per heavy atom. The Morgan fingerprint density at radius 1 is 1.47 bits per heavy atom. The van der Waals surface area contributed by atoms with Gasteiger partial charge in [0.25, 0.3) is 0 Å². The van der Waals surface area contributed by atoms with Crippen molar-refractivity contribution in [1.29, 1.82) is 0 Å². The van der Waals surface area contributed by atoms with Gasteiger partial charge in [0.15, 0.2) is 5.58 Å². The Hall–Kier alpha value is -1.88. The standard InChI is InChI=1S/C10H11N3O2/c11-5-9(14)12-6-10-13-7-3-1-2-4-8(7)15-10/h1-4H,5-6,11H2,(H,12,14). The highest BCUT2D eigenvalue weighted by Gasteiger charge is 2.05. The fourth-order valence-electron chi connectivity index (χ4n) is 1.24. The van der Waals surface area contributed by atoms with Crippen LogP contribution in [0.15, 0.2) is 28.7 Å². The summed E-state index contributed by atoms with van der Waals surface area (Å²) in [7, 11) is 0. The van der Waals surface area contributed by atoms with Crippen LogP contribution in [-0.4, -0.2) is 17.4 Å². The van der Waals surface area contributed by atoms with Crippen LogP contribution in [-0.2, 0) is 11.3 Å². The number of carbonyl (C=O) groups is 1. The molecular formula is C10H11N3O2. The van der Waals surface area contributed by atoms with Gasteiger partial charge >= 0.3 is 0 Å². The molecule has 0 aliphatic heterocycles. The molecule has 0 saturated heterocycles. The molecule has 0 aliphatic carbocycles. The number of carbonyl (C=O) groups excluding carboxylic acids is 1. The number of hydrogen-bond acceptors (Lipinski definition) is 4. The molecular weight excluding hydrogens is 194 g/mol. The molecule has 2 aromatic rings. The van der Waals surface area contributed by atoms with Crippen molar-refractivity contribution in [3.63, 3.8) is 0 Å². The maximum atomic E-state index is 10.9. The molecule has 0 atom stereocenters. The van der Waals surface area contributed by atoms with Crippen LogP contribution in [0, 0.1) is 0 Å². The molecule has 0 saturated carbocycles. The van der Waals surface area contributed by atoms with E-state index in [9.17, 15) is 4.79 Å². The van der Waals surface area contributed by atoms with E-state index < -0.39 is 0 Å². The lowest BCUT2D eigenvalue weighted by Crippen LogP contribution is -2.29. The molecule has 2 rings (SSSR count). The highest BCUT2D eigenvalue weighted by molar-refractivity contribution is 5.77. The van der Waals surface area contributed by atoms with Crippen molar-refractivity contribution in [1.82, 2.24) is 10.3 Å². The Bertz CT molecular complexity index is 445. The van der Waals surface area contributed by atoms with Gasteiger partial charge in [0, 0.05) is 0 Å². The molecule has 5 nitrogen and oxygen atoms in total. The Morgan fingerprint density at radius 3 is 3.00 bits per heavy atom. The molecule has 5 heteroatoms. The zero-order valence-corrected chi connectivity index (χ0v) is 8.06. The first-order valence-corrected chi connectivity index (χ1v) is 4.61. The van der Waals surface area contributed by atoms with Gasteiger partial charge in [-0.3, -0.25) is 4.79 Å². The Kier molecular flexibility index (Phi) is 2.64. The number of nitrogens with zero attached hydrogens (tertiary/aromatic N) is 1. The van der Waals surface area contributed by atoms with Crippen LogP contribution >= 0.6 is 0 Å². The van der Waals surface area contributed by atoms with Gasteiger partial charge in [-0.1, -0.05) is 12.1 Å². The average molecular weight is 205 g/mol. The number of hydrogen-bond donors (Lipinski definition) is 2. The van der Waals surface area contributed by atoms with Crippen LogP contribution in [0.4, 0.5) is 0 Å². The third-order valence-electron chi connectivity index (χ3n) is 1.96. The predicted molar refractivity (Wildman–Crippen MR) is 54.9 cm³/mol. The number of nitrogens with one attached hydrogen (secondary N) is 1. The van der Waals surface area contributed by atoms with Crippen LogP contribution in [0.25, 0.3) is 11.1 Å². The van der Waals surface area contributed by atoms with Gasteiger partial charge in [-0.05, 0) is 12.1 Å². The van der Waals surface area contributed by atoms with Gasteiger partial charge in [-0.2, -0.15) is 0 Å². The van der Waals surface area contributed by atoms with E-state index in [1.165, 1.54) is 0 Å². The highest BCUT2D eigenvalue weighted by Crippen LogP contribution is 2.14. The SMILES string of the molecule is NCC(=O)NCc1nc2ccccc2o1. The largest absolute Gasteiger partial charge is 0.439 e. The molecule has 15 heavy (non-hydrogen) atoms. The highest BCUT2D eigenvalue weighted by atomic mass is 16.3. The summed E-state index contributed by atoms with van der Waals surface area (Å²) in [6.07, 6.45) is 0. The van der Waals surface area contributed by atoms with E-state index in [4.69, 9.17) is 10.2 Å². The van der Waals surface area contributed by atoms with Crippen molar-refractivity contribution in [3.8, 4) is 0 Å². The van der Waals surface area contributed by atoms with Crippen molar-refractivity contribution in [2.75, 3.05) is 6.54 Å². The number of fused-ring (bicyclic) bond motifs is 1. The zero-order valence-electron chi connectivity index (χ0n) is 8.06. The zero-order chi connectivity index (χ0) is 10.7. The van der Waals surface area contributed by atoms with Crippen LogP contribution in [0.2, 0.25) is 0 Å². The molecule has 0 bridgehead atoms. The molecule has 0 unspecified atom stereocenters. The summed E-state index contributed by atoms with van der Waals surface area (Å²) in [4.78, 5) is 15.1. The molecule has 3 N–H and O–H groups in total. The summed E-state index contributed by atoms with van der Waals surface area (Å²) in [6, 6.07) is 7.44. The van der Waals surface area contributed by atoms with E-state index in [-0.39, 0.29) is 19.0 Å². The first-order chi connectivity index (χ1) is 7.29. The number of rotatable bonds is 3. The van der Waals surface area contributed by atoms with Gasteiger partial charge in [-0.15, -0.1) is 0 Å². The minimum absolute atomic E-state index is 0.0276. The summed E-state index contributed by atoms with van der Waals surface area (Å²) >= 11 is 0. The van der Waals surface area contributed by atoms with E-state index >= 15 is 0 Å². The van der Waals surface area contributed by atoms with Gasteiger partial charge < -0.3 is 15.5 Å². The van der Waals surface area contributed by atoms with Gasteiger partial charge in [0.05, 0.1) is 13.1 Å². The summed E-state index contributed by atoms with van der Waals surface area (Å²) < 4.78 is 5.40. The lowest BCUT2D eigenvalue weighted by molar-refractivity contribution is -0.119. The minimum atomic E-state index is -0.225. The molecule has 1 heterocycles. The Balaban J connectivity index is 2.12. The number of amides is 1. The van der Waals surface area contributed by atoms with Crippen LogP contribution in [0.3, 0.4) is 0 Å². The maximum absolute atomic E-state index is 10.9. The topological polar surface area (TPSA) is 81.2 Å². The number of oxazole rings is 1. The maximum Gasteiger partial charge on any atom is 0.234 e. The lowest BCUT2D eigenvalue weighted by Gasteiger charge is -1.97. The Labute approximate surface area is 86.3 Å². The second-order valence-corrected chi connectivity index (χ2v) is 3.06. The molecule has 0 fully saturated rings. The number of benzene rings is 1. The summed E-state index contributed by atoms with van der Waals surface area (Å²) in [6.45, 7) is 0.241. The summed E-state index contributed by atoms with van der Waals surface area (Å²) in [5, 5.41) is 2.59. The first-order valence-electron chi connectivity index (χ1n) is 4.61. The lowest BCUT2D eigenvalue weighted by atomic mass is 10.3. The van der Waals surface area contributed by atoms with E-state index in [2.05, 4.69) is 10.3 Å². The molecule has 0 spiro atoms. The molecule has 1 aromatic carbocycles. The van der Waals surface area contributed by atoms with E-state index in [0.717, 1.165) is 11.1 Å². The third kappa shape index (κ3) is 2.13. The third-order valence-corrected chi connectivity index (χ3v) is 1.96. The van der Waals surface area contributed by atoms with Crippen molar-refractivity contribution < 1.29 is 9.21 Å². The molecule has 78 valence electrons. The fraction of sp³-hybridized carbons (Fsp3) is 0.200. The number of para-hydroxylation sites is 2. The number of nitrogens with two attached hydrogens (primary N) is 1. The van der Waals surface area contributed by atoms with E-state index in [1.54, 1.807) is 0 Å². The van der Waals surface area contributed by atoms with E-state index in [1.807, 2.05) is 24.3 Å². The minimum Gasteiger partial charge on any atom is -0.439 e. The quantitative estimate of drug-likeness (QED) is 0.760. The first kappa shape index (κ1) is 9.67. The normalized spacial score (nSPS) is 10.5. The van der Waals surface area contributed by atoms with Gasteiger partial charge in [-0.25, -0.2) is 4.98 Å². The van der Waals surface area contributed by atoms with Gasteiger partial charge in [0.2, 0.25) is 11.8 Å². The molecule has 0 radical (unpaired) electrons.